The first-order valence-electron chi connectivity index (χ1n) is 23.0. The van der Waals surface area contributed by atoms with E-state index in [1.54, 1.807) is 44.2 Å². The summed E-state index contributed by atoms with van der Waals surface area (Å²) >= 11 is 6.46. The third kappa shape index (κ3) is 15.4. The minimum Gasteiger partial charge on any atom is -0.488 e. The molecule has 0 saturated carbocycles. The summed E-state index contributed by atoms with van der Waals surface area (Å²) in [7, 11) is -3.41. The summed E-state index contributed by atoms with van der Waals surface area (Å²) in [5.74, 6) is -1.53. The van der Waals surface area contributed by atoms with Crippen molar-refractivity contribution in [3.05, 3.63) is 83.0 Å². The van der Waals surface area contributed by atoms with Crippen LogP contribution in [0.1, 0.15) is 147 Å². The summed E-state index contributed by atoms with van der Waals surface area (Å²) in [6, 6.07) is 17.6. The van der Waals surface area contributed by atoms with E-state index in [4.69, 9.17) is 49.9 Å². The summed E-state index contributed by atoms with van der Waals surface area (Å²) in [6.45, 7) is 4.58. The van der Waals surface area contributed by atoms with Gasteiger partial charge in [0.1, 0.15) is 60.1 Å². The van der Waals surface area contributed by atoms with Gasteiger partial charge in [-0.15, -0.1) is 0 Å². The number of rotatable bonds is 30. The third-order valence-corrected chi connectivity index (χ3v) is 13.1. The molecule has 3 heterocycles. The van der Waals surface area contributed by atoms with Crippen LogP contribution in [0.2, 0.25) is 5.02 Å². The van der Waals surface area contributed by atoms with Crippen molar-refractivity contribution in [2.24, 2.45) is 0 Å². The normalized spacial score (nSPS) is 18.1. The van der Waals surface area contributed by atoms with Crippen LogP contribution in [0.4, 0.5) is 10.2 Å². The van der Waals surface area contributed by atoms with Crippen LogP contribution in [0.5, 0.6) is 11.5 Å². The fraction of sp³-hybridized carbons (Fsp3) is 0.583. The number of benzene rings is 2. The molecule has 0 spiro atoms. The van der Waals surface area contributed by atoms with Gasteiger partial charge < -0.3 is 29.2 Å². The lowest BCUT2D eigenvalue weighted by atomic mass is 9.93. The van der Waals surface area contributed by atoms with Gasteiger partial charge >= 0.3 is 7.82 Å². The van der Waals surface area contributed by atoms with Crippen LogP contribution in [-0.4, -0.2) is 58.5 Å². The average Bonchev–Trinajstić information content (AvgIpc) is 3.87. The van der Waals surface area contributed by atoms with E-state index in [2.05, 4.69) is 23.1 Å². The number of para-hydroxylation sites is 1. The molecule has 2 N–H and O–H groups in total. The molecule has 1 unspecified atom stereocenters. The van der Waals surface area contributed by atoms with Gasteiger partial charge in [-0.3, -0.25) is 9.05 Å². The number of hydrogen-bond donors (Lipinski definition) is 1. The highest BCUT2D eigenvalue weighted by molar-refractivity contribution is 7.49. The Morgan fingerprint density at radius 2 is 1.57 bits per heavy atom. The first-order chi connectivity index (χ1) is 31.3. The summed E-state index contributed by atoms with van der Waals surface area (Å²) in [5, 5.41) is 24.8. The molecule has 1 saturated heterocycles. The SMILES string of the molecule is CCCCCCCCCCCCCCCCCC[C@@H](COP(=O)(OC[C@@](C#N)(OC)[C@H]1OC(C)(C)O[C@H]1c1ccc2c(N)ncnn12)Oc1ccccc1Cl)Oc1cc(F)cc(C#N)c1. The Bertz CT molecular complexity index is 2240. The number of unbranched alkanes of at least 4 members (excludes halogenated alkanes) is 15. The fourth-order valence-corrected chi connectivity index (χ4v) is 9.47. The predicted molar refractivity (Wildman–Crippen MR) is 247 cm³/mol. The molecule has 14 nitrogen and oxygen atoms in total. The number of halogens is 2. The highest BCUT2D eigenvalue weighted by Crippen LogP contribution is 2.53. The van der Waals surface area contributed by atoms with Gasteiger partial charge in [-0.05, 0) is 63.1 Å². The molecule has 1 aliphatic rings. The zero-order valence-electron chi connectivity index (χ0n) is 38.2. The monoisotopic (exact) mass is 938 g/mol. The largest absolute Gasteiger partial charge is 0.530 e. The summed E-state index contributed by atoms with van der Waals surface area (Å²) < 4.78 is 73.7. The van der Waals surface area contributed by atoms with E-state index >= 15 is 0 Å². The van der Waals surface area contributed by atoms with E-state index in [0.717, 1.165) is 31.7 Å². The molecule has 0 amide bonds. The number of ether oxygens (including phenoxy) is 4. The van der Waals surface area contributed by atoms with Crippen molar-refractivity contribution in [2.75, 3.05) is 26.1 Å². The number of nitrogens with two attached hydrogens (primary N) is 1. The third-order valence-electron chi connectivity index (χ3n) is 11.5. The minimum absolute atomic E-state index is 0.00655. The maximum Gasteiger partial charge on any atom is 0.530 e. The van der Waals surface area contributed by atoms with Crippen LogP contribution < -0.4 is 15.0 Å². The second kappa shape index (κ2) is 25.6. The Morgan fingerprint density at radius 1 is 0.923 bits per heavy atom. The molecule has 0 radical (unpaired) electrons. The molecule has 0 bridgehead atoms. The Morgan fingerprint density at radius 3 is 2.18 bits per heavy atom. The first kappa shape index (κ1) is 51.7. The molecule has 0 aliphatic carbocycles. The number of hydrogen-bond acceptors (Lipinski definition) is 13. The number of nitrogens with zero attached hydrogens (tertiary/aromatic N) is 5. The van der Waals surface area contributed by atoms with Gasteiger partial charge in [0, 0.05) is 13.2 Å². The molecule has 5 rings (SSSR count). The van der Waals surface area contributed by atoms with Crippen LogP contribution in [0.15, 0.2) is 60.9 Å². The number of fused-ring (bicyclic) bond motifs is 1. The van der Waals surface area contributed by atoms with Crippen molar-refractivity contribution in [1.82, 2.24) is 14.6 Å². The van der Waals surface area contributed by atoms with E-state index in [9.17, 15) is 19.5 Å². The van der Waals surface area contributed by atoms with Crippen molar-refractivity contribution in [3.63, 3.8) is 0 Å². The highest BCUT2D eigenvalue weighted by Gasteiger charge is 2.56. The van der Waals surface area contributed by atoms with E-state index in [0.29, 0.717) is 17.6 Å². The van der Waals surface area contributed by atoms with Crippen molar-refractivity contribution >= 4 is 30.8 Å². The van der Waals surface area contributed by atoms with E-state index < -0.39 is 49.9 Å². The second-order valence-corrected chi connectivity index (χ2v) is 19.0. The lowest BCUT2D eigenvalue weighted by Gasteiger charge is -2.33. The Balaban J connectivity index is 1.26. The maximum atomic E-state index is 14.9. The number of anilines is 1. The average molecular weight is 940 g/mol. The van der Waals surface area contributed by atoms with Gasteiger partial charge in [-0.2, -0.15) is 15.6 Å². The van der Waals surface area contributed by atoms with Gasteiger partial charge in [0.05, 0.1) is 29.0 Å². The molecule has 1 aliphatic heterocycles. The van der Waals surface area contributed by atoms with Gasteiger partial charge in [-0.25, -0.2) is 18.5 Å². The van der Waals surface area contributed by atoms with E-state index in [-0.39, 0.29) is 34.5 Å². The first-order valence-corrected chi connectivity index (χ1v) is 24.8. The summed E-state index contributed by atoms with van der Waals surface area (Å²) in [4.78, 5) is 4.06. The number of phosphoric acid groups is 1. The number of nitrogen functional groups attached to an aromatic ring is 1. The highest BCUT2D eigenvalue weighted by atomic mass is 35.5. The smallest absolute Gasteiger partial charge is 0.488 e. The number of phosphoric ester groups is 1. The molecule has 5 atom stereocenters. The molecule has 4 aromatic rings. The molecule has 1 fully saturated rings. The topological polar surface area (TPSA) is 185 Å². The summed E-state index contributed by atoms with van der Waals surface area (Å²) in [6.07, 6.45) is 18.2. The number of aromatic nitrogens is 3. The van der Waals surface area contributed by atoms with Crippen LogP contribution in [0.25, 0.3) is 5.52 Å². The molecule has 2 aromatic carbocycles. The zero-order valence-corrected chi connectivity index (χ0v) is 39.9. The Kier molecular flexibility index (Phi) is 20.3. The van der Waals surface area contributed by atoms with Crippen LogP contribution >= 0.6 is 19.4 Å². The van der Waals surface area contributed by atoms with Crippen LogP contribution in [-0.2, 0) is 27.8 Å². The van der Waals surface area contributed by atoms with E-state index in [1.807, 2.05) is 6.07 Å². The number of nitriles is 2. The molecule has 354 valence electrons. The van der Waals surface area contributed by atoms with Gasteiger partial charge in [-0.1, -0.05) is 127 Å². The van der Waals surface area contributed by atoms with Gasteiger partial charge in [0.15, 0.2) is 11.6 Å². The summed E-state index contributed by atoms with van der Waals surface area (Å²) in [5.41, 5.74) is 5.22. The fourth-order valence-electron chi connectivity index (χ4n) is 7.97. The van der Waals surface area contributed by atoms with Crippen molar-refractivity contribution in [1.29, 1.82) is 10.5 Å². The lowest BCUT2D eigenvalue weighted by molar-refractivity contribution is -0.171. The minimum atomic E-state index is -4.71. The maximum absolute atomic E-state index is 14.9. The zero-order chi connectivity index (χ0) is 46.7. The lowest BCUT2D eigenvalue weighted by Crippen LogP contribution is -2.50. The molecular weight excluding hydrogens is 874 g/mol. The second-order valence-electron chi connectivity index (χ2n) is 17.0. The van der Waals surface area contributed by atoms with Crippen LogP contribution in [0, 0.1) is 28.5 Å². The van der Waals surface area contributed by atoms with E-state index in [1.165, 1.54) is 113 Å². The molecule has 65 heavy (non-hydrogen) atoms. The van der Waals surface area contributed by atoms with Crippen molar-refractivity contribution in [2.45, 2.75) is 160 Å². The standard InChI is InChI=1S/C48H65ClFN6O8P/c1-5-6-7-8-9-10-11-12-13-14-15-16-17-18-19-20-23-38(61-39-29-36(31-51)28-37(50)30-39)32-59-65(57,64-43-25-22-21-24-40(43)49)60-34-48(33-52,58-4)45-44(62-47(2,3)63-45)41-26-27-42-46(53)54-35-55-56(41)42/h21-22,24-30,35,38,44-45H,5-20,23,32,34H2,1-4H3,(H2,53,54,55)/t38-,44-,45-,48+,65?/m0/s1. The van der Waals surface area contributed by atoms with Crippen LogP contribution in [0.3, 0.4) is 0 Å². The quantitative estimate of drug-likeness (QED) is 0.0385. The predicted octanol–water partition coefficient (Wildman–Crippen LogP) is 12.4. The van der Waals surface area contributed by atoms with Crippen molar-refractivity contribution in [3.8, 4) is 23.6 Å². The molecular formula is C48H65ClFN6O8P. The van der Waals surface area contributed by atoms with Crippen molar-refractivity contribution < 1.29 is 41.5 Å². The molecule has 17 heteroatoms. The Hall–Kier alpha value is -4.31. The van der Waals surface area contributed by atoms with Gasteiger partial charge in [0.2, 0.25) is 5.60 Å². The van der Waals surface area contributed by atoms with Gasteiger partial charge in [0.25, 0.3) is 0 Å². The Labute approximate surface area is 388 Å². The molecule has 2 aromatic heterocycles. The number of methoxy groups -OCH3 is 1.